The molecule has 0 aliphatic carbocycles. The Morgan fingerprint density at radius 2 is 1.77 bits per heavy atom. The van der Waals surface area contributed by atoms with Gasteiger partial charge in [0.2, 0.25) is 0 Å². The maximum Gasteiger partial charge on any atom is 0.329 e. The molecular weight excluding hydrogens is 429 g/mol. The van der Waals surface area contributed by atoms with Crippen LogP contribution >= 0.6 is 23.2 Å². The van der Waals surface area contributed by atoms with Crippen molar-refractivity contribution in [2.45, 2.75) is 33.4 Å². The Morgan fingerprint density at radius 1 is 1.07 bits per heavy atom. The molecule has 9 heteroatoms. The van der Waals surface area contributed by atoms with Gasteiger partial charge in [0.15, 0.2) is 11.5 Å². The SMILES string of the molecule is CCOc1cc(/C=N\NC(=O)C(=O)NC(C)C)ccc1OCc1c(Cl)cccc1Cl. The maximum absolute atomic E-state index is 11.7. The summed E-state index contributed by atoms with van der Waals surface area (Å²) in [5.74, 6) is -0.598. The first-order valence-electron chi connectivity index (χ1n) is 9.28. The molecule has 0 aliphatic heterocycles. The van der Waals surface area contributed by atoms with Gasteiger partial charge in [-0.3, -0.25) is 9.59 Å². The molecule has 0 radical (unpaired) electrons. The Kier molecular flexibility index (Phi) is 8.95. The molecule has 0 saturated carbocycles. The van der Waals surface area contributed by atoms with Gasteiger partial charge in [0.25, 0.3) is 0 Å². The fraction of sp³-hybridized carbons (Fsp3) is 0.286. The Morgan fingerprint density at radius 3 is 2.40 bits per heavy atom. The van der Waals surface area contributed by atoms with Gasteiger partial charge in [0.1, 0.15) is 6.61 Å². The predicted octanol–water partition coefficient (Wildman–Crippen LogP) is 3.95. The van der Waals surface area contributed by atoms with E-state index in [0.717, 1.165) is 0 Å². The predicted molar refractivity (Wildman–Crippen MR) is 117 cm³/mol. The van der Waals surface area contributed by atoms with Gasteiger partial charge in [-0.2, -0.15) is 5.10 Å². The van der Waals surface area contributed by atoms with Crippen molar-refractivity contribution < 1.29 is 19.1 Å². The molecule has 0 spiro atoms. The van der Waals surface area contributed by atoms with Crippen LogP contribution < -0.4 is 20.2 Å². The summed E-state index contributed by atoms with van der Waals surface area (Å²) in [6.07, 6.45) is 1.40. The molecule has 30 heavy (non-hydrogen) atoms. The van der Waals surface area contributed by atoms with Crippen LogP contribution in [0, 0.1) is 0 Å². The Bertz CT molecular complexity index is 912. The number of nitrogens with one attached hydrogen (secondary N) is 2. The lowest BCUT2D eigenvalue weighted by Gasteiger charge is -2.14. The highest BCUT2D eigenvalue weighted by Gasteiger charge is 2.13. The summed E-state index contributed by atoms with van der Waals surface area (Å²) in [5, 5.41) is 7.31. The average Bonchev–Trinajstić information content (AvgIpc) is 2.68. The van der Waals surface area contributed by atoms with E-state index < -0.39 is 11.8 Å². The third-order valence-corrected chi connectivity index (χ3v) is 4.42. The summed E-state index contributed by atoms with van der Waals surface area (Å²) in [5.41, 5.74) is 3.50. The van der Waals surface area contributed by atoms with Gasteiger partial charge < -0.3 is 14.8 Å². The van der Waals surface area contributed by atoms with Crippen LogP contribution in [0.25, 0.3) is 0 Å². The van der Waals surface area contributed by atoms with Gasteiger partial charge in [0, 0.05) is 21.7 Å². The second kappa shape index (κ2) is 11.4. The van der Waals surface area contributed by atoms with Crippen molar-refractivity contribution in [2.75, 3.05) is 6.61 Å². The monoisotopic (exact) mass is 451 g/mol. The van der Waals surface area contributed by atoms with Gasteiger partial charge in [-0.05, 0) is 56.7 Å². The van der Waals surface area contributed by atoms with Gasteiger partial charge in [-0.1, -0.05) is 29.3 Å². The van der Waals surface area contributed by atoms with Crippen LogP contribution in [0.4, 0.5) is 0 Å². The zero-order valence-corrected chi connectivity index (χ0v) is 18.4. The summed E-state index contributed by atoms with van der Waals surface area (Å²) < 4.78 is 11.5. The highest BCUT2D eigenvalue weighted by Crippen LogP contribution is 2.31. The van der Waals surface area contributed by atoms with Crippen LogP contribution in [0.2, 0.25) is 10.0 Å². The van der Waals surface area contributed by atoms with Crippen LogP contribution in [0.3, 0.4) is 0 Å². The Labute approximate surface area is 185 Å². The molecule has 0 aromatic heterocycles. The Balaban J connectivity index is 2.07. The lowest BCUT2D eigenvalue weighted by Crippen LogP contribution is -2.41. The van der Waals surface area contributed by atoms with Crippen molar-refractivity contribution >= 4 is 41.2 Å². The van der Waals surface area contributed by atoms with E-state index in [1.165, 1.54) is 6.21 Å². The topological polar surface area (TPSA) is 89.0 Å². The van der Waals surface area contributed by atoms with E-state index >= 15 is 0 Å². The number of hydrogen-bond donors (Lipinski definition) is 2. The van der Waals surface area contributed by atoms with E-state index in [1.807, 2.05) is 6.92 Å². The average molecular weight is 452 g/mol. The second-order valence-corrected chi connectivity index (χ2v) is 7.27. The van der Waals surface area contributed by atoms with Gasteiger partial charge in [0.05, 0.1) is 12.8 Å². The van der Waals surface area contributed by atoms with E-state index in [9.17, 15) is 9.59 Å². The maximum atomic E-state index is 11.7. The molecule has 2 amide bonds. The number of ether oxygens (including phenoxy) is 2. The van der Waals surface area contributed by atoms with E-state index in [1.54, 1.807) is 50.2 Å². The summed E-state index contributed by atoms with van der Waals surface area (Å²) in [4.78, 5) is 23.2. The number of benzene rings is 2. The molecule has 0 aliphatic rings. The smallest absolute Gasteiger partial charge is 0.329 e. The lowest BCUT2D eigenvalue weighted by molar-refractivity contribution is -0.139. The van der Waals surface area contributed by atoms with Crippen LogP contribution in [-0.2, 0) is 16.2 Å². The van der Waals surface area contributed by atoms with Gasteiger partial charge in [-0.25, -0.2) is 5.43 Å². The van der Waals surface area contributed by atoms with E-state index in [2.05, 4.69) is 15.8 Å². The van der Waals surface area contributed by atoms with E-state index in [4.69, 9.17) is 32.7 Å². The quantitative estimate of drug-likeness (QED) is 0.361. The molecule has 0 atom stereocenters. The summed E-state index contributed by atoms with van der Waals surface area (Å²) >= 11 is 12.4. The minimum absolute atomic E-state index is 0.144. The fourth-order valence-electron chi connectivity index (χ4n) is 2.36. The fourth-order valence-corrected chi connectivity index (χ4v) is 2.86. The number of amides is 2. The number of hydrogen-bond acceptors (Lipinski definition) is 5. The lowest BCUT2D eigenvalue weighted by atomic mass is 10.2. The summed E-state index contributed by atoms with van der Waals surface area (Å²) in [6.45, 7) is 5.96. The molecule has 2 rings (SSSR count). The summed E-state index contributed by atoms with van der Waals surface area (Å²) in [7, 11) is 0. The number of carbonyl (C=O) groups excluding carboxylic acids is 2. The van der Waals surface area contributed by atoms with Crippen molar-refractivity contribution in [1.82, 2.24) is 10.7 Å². The van der Waals surface area contributed by atoms with Crippen molar-refractivity contribution in [2.24, 2.45) is 5.10 Å². The number of rotatable bonds is 8. The molecule has 7 nitrogen and oxygen atoms in total. The molecule has 160 valence electrons. The highest BCUT2D eigenvalue weighted by atomic mass is 35.5. The molecule has 0 fully saturated rings. The molecule has 0 heterocycles. The third-order valence-electron chi connectivity index (χ3n) is 3.71. The van der Waals surface area contributed by atoms with Gasteiger partial charge in [-0.15, -0.1) is 0 Å². The molecule has 2 N–H and O–H groups in total. The first-order chi connectivity index (χ1) is 14.3. The standard InChI is InChI=1S/C21H23Cl2N3O4/c1-4-29-19-10-14(11-24-26-21(28)20(27)25-13(2)3)8-9-18(19)30-12-15-16(22)6-5-7-17(15)23/h5-11,13H,4,12H2,1-3H3,(H,25,27)(H,26,28)/b24-11-. The zero-order valence-electron chi connectivity index (χ0n) is 16.9. The molecule has 0 bridgehead atoms. The number of halogens is 2. The van der Waals surface area contributed by atoms with Crippen LogP contribution in [0.5, 0.6) is 11.5 Å². The van der Waals surface area contributed by atoms with Crippen LogP contribution in [-0.4, -0.2) is 30.7 Å². The van der Waals surface area contributed by atoms with Crippen molar-refractivity contribution in [3.8, 4) is 11.5 Å². The largest absolute Gasteiger partial charge is 0.490 e. The minimum atomic E-state index is -0.846. The van der Waals surface area contributed by atoms with Crippen LogP contribution in [0.1, 0.15) is 31.9 Å². The first-order valence-corrected chi connectivity index (χ1v) is 10.0. The summed E-state index contributed by atoms with van der Waals surface area (Å²) in [6, 6.07) is 10.3. The second-order valence-electron chi connectivity index (χ2n) is 6.46. The van der Waals surface area contributed by atoms with E-state index in [0.29, 0.717) is 39.3 Å². The van der Waals surface area contributed by atoms with E-state index in [-0.39, 0.29) is 12.6 Å². The zero-order chi connectivity index (χ0) is 22.1. The van der Waals surface area contributed by atoms with Crippen LogP contribution in [0.15, 0.2) is 41.5 Å². The third kappa shape index (κ3) is 6.93. The Hall–Kier alpha value is -2.77. The normalized spacial score (nSPS) is 10.9. The number of carbonyl (C=O) groups is 2. The molecule has 0 unspecified atom stereocenters. The van der Waals surface area contributed by atoms with Crippen molar-refractivity contribution in [1.29, 1.82) is 0 Å². The first kappa shape index (κ1) is 23.5. The molecule has 2 aromatic rings. The number of hydrazone groups is 1. The van der Waals surface area contributed by atoms with Crippen molar-refractivity contribution in [3.63, 3.8) is 0 Å². The molecule has 2 aromatic carbocycles. The van der Waals surface area contributed by atoms with Gasteiger partial charge >= 0.3 is 11.8 Å². The minimum Gasteiger partial charge on any atom is -0.490 e. The molecular formula is C21H23Cl2N3O4. The highest BCUT2D eigenvalue weighted by molar-refractivity contribution is 6.36. The molecule has 0 saturated heterocycles. The van der Waals surface area contributed by atoms with Crippen molar-refractivity contribution in [3.05, 3.63) is 57.6 Å². The number of nitrogens with zero attached hydrogens (tertiary/aromatic N) is 1.